The first kappa shape index (κ1) is 25.6. The van der Waals surface area contributed by atoms with Crippen LogP contribution in [0.4, 0.5) is 8.78 Å². The number of β-amino-alcohol motifs (C(OH)–C–C–N with tert-alkyl or cyclic N) is 1. The lowest BCUT2D eigenvalue weighted by Gasteiger charge is -2.43. The summed E-state index contributed by atoms with van der Waals surface area (Å²) in [5, 5.41) is 12.9. The van der Waals surface area contributed by atoms with E-state index in [-0.39, 0.29) is 38.6 Å². The van der Waals surface area contributed by atoms with Gasteiger partial charge in [-0.3, -0.25) is 4.79 Å². The lowest BCUT2D eigenvalue weighted by atomic mass is 9.96. The highest BCUT2D eigenvalue weighted by atomic mass is 32.2. The Labute approximate surface area is 202 Å². The fraction of sp³-hybridized carbons (Fsp3) is 0.458. The fourth-order valence-electron chi connectivity index (χ4n) is 4.47. The maximum Gasteiger partial charge on any atom is 0.246 e. The minimum Gasteiger partial charge on any atom is -0.389 e. The molecule has 2 aliphatic heterocycles. The van der Waals surface area contributed by atoms with Crippen molar-refractivity contribution in [2.75, 3.05) is 19.8 Å². The summed E-state index contributed by atoms with van der Waals surface area (Å²) in [6.07, 6.45) is -1.57. The van der Waals surface area contributed by atoms with Crippen molar-refractivity contribution >= 4 is 15.9 Å². The summed E-state index contributed by atoms with van der Waals surface area (Å²) in [6, 6.07) is 10.5. The molecule has 0 aliphatic carbocycles. The molecule has 0 spiro atoms. The van der Waals surface area contributed by atoms with Crippen molar-refractivity contribution in [1.82, 2.24) is 9.62 Å². The van der Waals surface area contributed by atoms with E-state index in [2.05, 4.69) is 5.32 Å². The van der Waals surface area contributed by atoms with Crippen molar-refractivity contribution in [3.8, 4) is 0 Å². The number of carbonyl (C=O) groups is 1. The molecule has 0 unspecified atom stereocenters. The molecule has 2 aromatic carbocycles. The van der Waals surface area contributed by atoms with E-state index in [1.807, 2.05) is 0 Å². The maximum absolute atomic E-state index is 14.4. The van der Waals surface area contributed by atoms with Crippen molar-refractivity contribution in [1.29, 1.82) is 0 Å². The van der Waals surface area contributed by atoms with Crippen molar-refractivity contribution < 1.29 is 36.6 Å². The Morgan fingerprint density at radius 2 is 1.77 bits per heavy atom. The second-order valence-electron chi connectivity index (χ2n) is 8.71. The van der Waals surface area contributed by atoms with Crippen molar-refractivity contribution in [3.63, 3.8) is 0 Å². The third-order valence-corrected chi connectivity index (χ3v) is 8.13. The van der Waals surface area contributed by atoms with Gasteiger partial charge in [0.05, 0.1) is 44.0 Å². The highest BCUT2D eigenvalue weighted by Gasteiger charge is 2.43. The molecule has 2 saturated heterocycles. The number of ether oxygens (including phenoxy) is 2. The van der Waals surface area contributed by atoms with Gasteiger partial charge < -0.3 is 19.9 Å². The number of aliphatic hydroxyl groups excluding tert-OH is 1. The average molecular weight is 511 g/mol. The van der Waals surface area contributed by atoms with E-state index in [1.165, 1.54) is 24.3 Å². The zero-order valence-electron chi connectivity index (χ0n) is 19.0. The van der Waals surface area contributed by atoms with Gasteiger partial charge >= 0.3 is 0 Å². The van der Waals surface area contributed by atoms with Gasteiger partial charge in [-0.1, -0.05) is 30.3 Å². The van der Waals surface area contributed by atoms with E-state index in [9.17, 15) is 27.1 Å². The van der Waals surface area contributed by atoms with Gasteiger partial charge in [0.15, 0.2) is 0 Å². The second kappa shape index (κ2) is 11.1. The third kappa shape index (κ3) is 6.04. The highest BCUT2D eigenvalue weighted by Crippen LogP contribution is 2.32. The molecule has 1 amide bonds. The number of sulfonamides is 1. The van der Waals surface area contributed by atoms with Gasteiger partial charge in [-0.05, 0) is 31.0 Å². The minimum absolute atomic E-state index is 0.0123. The molecule has 190 valence electrons. The number of halogens is 2. The zero-order valence-corrected chi connectivity index (χ0v) is 19.8. The monoisotopic (exact) mass is 510 g/mol. The Morgan fingerprint density at radius 3 is 2.51 bits per heavy atom. The Kier molecular flexibility index (Phi) is 8.12. The molecule has 0 radical (unpaired) electrons. The number of nitrogens with one attached hydrogen (secondary N) is 1. The molecule has 2 fully saturated rings. The zero-order chi connectivity index (χ0) is 25.0. The lowest BCUT2D eigenvalue weighted by Crippen LogP contribution is -2.57. The largest absolute Gasteiger partial charge is 0.389 e. The Hall–Kier alpha value is -2.44. The first-order valence-electron chi connectivity index (χ1n) is 11.4. The SMILES string of the molecule is O=C(C[C@@H]1CC[C@H]2[C@@H](COC[C@H](O)CN2S(=O)(=O)c2ccccc2F)O1)NCc1ccccc1F. The Bertz CT molecular complexity index is 1150. The third-order valence-electron chi connectivity index (χ3n) is 6.20. The number of amides is 1. The van der Waals surface area contributed by atoms with Crippen LogP contribution in [0.25, 0.3) is 0 Å². The van der Waals surface area contributed by atoms with E-state index < -0.39 is 50.9 Å². The van der Waals surface area contributed by atoms with E-state index in [0.29, 0.717) is 18.4 Å². The number of aliphatic hydroxyl groups is 1. The number of nitrogens with zero attached hydrogens (tertiary/aromatic N) is 1. The number of fused-ring (bicyclic) bond motifs is 1. The average Bonchev–Trinajstić information content (AvgIpc) is 2.81. The molecule has 0 aromatic heterocycles. The quantitative estimate of drug-likeness (QED) is 0.616. The molecule has 2 heterocycles. The van der Waals surface area contributed by atoms with E-state index in [4.69, 9.17) is 9.47 Å². The molecule has 2 N–H and O–H groups in total. The van der Waals surface area contributed by atoms with Crippen LogP contribution in [0.2, 0.25) is 0 Å². The van der Waals surface area contributed by atoms with Crippen LogP contribution in [0.15, 0.2) is 53.4 Å². The summed E-state index contributed by atoms with van der Waals surface area (Å²) in [4.78, 5) is 12.0. The molecule has 11 heteroatoms. The Morgan fingerprint density at radius 1 is 1.06 bits per heavy atom. The molecule has 4 atom stereocenters. The van der Waals surface area contributed by atoms with Crippen LogP contribution < -0.4 is 5.32 Å². The van der Waals surface area contributed by atoms with Gasteiger partial charge in [-0.2, -0.15) is 4.31 Å². The predicted molar refractivity (Wildman–Crippen MR) is 122 cm³/mol. The van der Waals surface area contributed by atoms with Crippen LogP contribution in [0.1, 0.15) is 24.8 Å². The summed E-state index contributed by atoms with van der Waals surface area (Å²) in [7, 11) is -4.27. The van der Waals surface area contributed by atoms with Crippen LogP contribution in [-0.2, 0) is 30.8 Å². The number of carbonyl (C=O) groups excluding carboxylic acids is 1. The van der Waals surface area contributed by atoms with Gasteiger partial charge in [-0.15, -0.1) is 0 Å². The van der Waals surface area contributed by atoms with Crippen molar-refractivity contribution in [3.05, 3.63) is 65.7 Å². The molecule has 2 aliphatic rings. The normalized spacial score (nSPS) is 25.8. The number of hydrogen-bond acceptors (Lipinski definition) is 6. The van der Waals surface area contributed by atoms with Crippen LogP contribution in [0.3, 0.4) is 0 Å². The summed E-state index contributed by atoms with van der Waals surface area (Å²) in [5.74, 6) is -1.61. The summed E-state index contributed by atoms with van der Waals surface area (Å²) in [6.45, 7) is -0.322. The van der Waals surface area contributed by atoms with Crippen LogP contribution >= 0.6 is 0 Å². The smallest absolute Gasteiger partial charge is 0.246 e. The van der Waals surface area contributed by atoms with Crippen LogP contribution in [-0.4, -0.2) is 67.8 Å². The predicted octanol–water partition coefficient (Wildman–Crippen LogP) is 1.97. The first-order valence-corrected chi connectivity index (χ1v) is 12.9. The van der Waals surface area contributed by atoms with Gasteiger partial charge in [0.25, 0.3) is 0 Å². The van der Waals surface area contributed by atoms with Gasteiger partial charge in [-0.25, -0.2) is 17.2 Å². The molecule has 8 nitrogen and oxygen atoms in total. The van der Waals surface area contributed by atoms with Gasteiger partial charge in [0.2, 0.25) is 15.9 Å². The summed E-state index contributed by atoms with van der Waals surface area (Å²) in [5.41, 5.74) is 0.367. The van der Waals surface area contributed by atoms with Crippen molar-refractivity contribution in [2.24, 2.45) is 0 Å². The summed E-state index contributed by atoms with van der Waals surface area (Å²) < 4.78 is 67.5. The molecule has 4 rings (SSSR count). The number of benzene rings is 2. The number of hydrogen-bond donors (Lipinski definition) is 2. The Balaban J connectivity index is 1.44. The van der Waals surface area contributed by atoms with Crippen molar-refractivity contribution in [2.45, 2.75) is 55.1 Å². The van der Waals surface area contributed by atoms with E-state index in [1.54, 1.807) is 18.2 Å². The molecule has 35 heavy (non-hydrogen) atoms. The molecular formula is C24H28F2N2O6S. The van der Waals surface area contributed by atoms with Gasteiger partial charge in [0.1, 0.15) is 16.5 Å². The number of rotatable bonds is 6. The topological polar surface area (TPSA) is 105 Å². The van der Waals surface area contributed by atoms with Crippen LogP contribution in [0, 0.1) is 11.6 Å². The molecular weight excluding hydrogens is 482 g/mol. The second-order valence-corrected chi connectivity index (χ2v) is 10.6. The fourth-order valence-corrected chi connectivity index (χ4v) is 6.25. The highest BCUT2D eigenvalue weighted by molar-refractivity contribution is 7.89. The molecule has 0 saturated carbocycles. The lowest BCUT2D eigenvalue weighted by molar-refractivity contribution is -0.146. The first-order chi connectivity index (χ1) is 16.8. The molecule has 2 aromatic rings. The minimum atomic E-state index is -4.27. The van der Waals surface area contributed by atoms with Gasteiger partial charge in [0, 0.05) is 18.7 Å². The standard InChI is InChI=1S/C24H28F2N2O6S/c25-19-6-2-1-5-16(19)12-27-24(30)11-18-9-10-21-22(34-18)15-33-14-17(29)13-28(21)35(31,32)23-8-4-3-7-20(23)26/h1-8,17-18,21-22,29H,9-15H2,(H,27,30)/t17-,18+,21+,22-/m1/s1. The van der Waals surface area contributed by atoms with E-state index >= 15 is 0 Å². The summed E-state index contributed by atoms with van der Waals surface area (Å²) >= 11 is 0. The maximum atomic E-state index is 14.4. The molecule has 0 bridgehead atoms. The van der Waals surface area contributed by atoms with E-state index in [0.717, 1.165) is 10.4 Å². The van der Waals surface area contributed by atoms with Crippen LogP contribution in [0.5, 0.6) is 0 Å².